The molecule has 2 unspecified atom stereocenters. The maximum atomic E-state index is 12.5. The van der Waals surface area contributed by atoms with Crippen LogP contribution in [0.2, 0.25) is 0 Å². The molecule has 142 valence electrons. The van der Waals surface area contributed by atoms with Gasteiger partial charge in [0, 0.05) is 18.4 Å². The highest BCUT2D eigenvalue weighted by Crippen LogP contribution is 2.26. The zero-order chi connectivity index (χ0) is 19.4. The van der Waals surface area contributed by atoms with Gasteiger partial charge < -0.3 is 14.5 Å². The maximum Gasteiger partial charge on any atom is 0.343 e. The summed E-state index contributed by atoms with van der Waals surface area (Å²) in [6.45, 7) is 3.33. The first-order valence-corrected chi connectivity index (χ1v) is 9.14. The molecule has 2 aromatic rings. The second kappa shape index (κ2) is 8.12. The van der Waals surface area contributed by atoms with Crippen molar-refractivity contribution in [2.24, 2.45) is 5.92 Å². The molecule has 0 radical (unpaired) electrons. The number of rotatable bonds is 5. The number of ether oxygens (including phenoxy) is 1. The van der Waals surface area contributed by atoms with Gasteiger partial charge in [0.25, 0.3) is 5.91 Å². The molecule has 2 atom stereocenters. The number of nitriles is 1. The summed E-state index contributed by atoms with van der Waals surface area (Å²) in [6.07, 6.45) is 7.74. The zero-order valence-corrected chi connectivity index (χ0v) is 15.5. The standard InChI is InChI=1S/C20H23N3O4/c1-13-7-3-4-8-16(13)22-17(24)12-26-20(25)18-14(2)27-19(15(18)11-21)23-9-5-6-10-23/h5-6,9-10,13,16H,3-4,7-8,12H2,1-2H3,(H,22,24). The Morgan fingerprint density at radius 1 is 1.33 bits per heavy atom. The van der Waals surface area contributed by atoms with E-state index in [0.717, 1.165) is 19.3 Å². The topological polar surface area (TPSA) is 97.3 Å². The Morgan fingerprint density at radius 2 is 2.04 bits per heavy atom. The Labute approximate surface area is 157 Å². The molecule has 27 heavy (non-hydrogen) atoms. The molecule has 1 aliphatic carbocycles. The number of hydrogen-bond donors (Lipinski definition) is 1. The summed E-state index contributed by atoms with van der Waals surface area (Å²) in [5, 5.41) is 12.4. The number of carbonyl (C=O) groups excluding carboxylic acids is 2. The third-order valence-electron chi connectivity index (χ3n) is 5.01. The minimum absolute atomic E-state index is 0.0556. The molecule has 1 fully saturated rings. The van der Waals surface area contributed by atoms with Crippen LogP contribution in [0.15, 0.2) is 28.9 Å². The first kappa shape index (κ1) is 18.8. The van der Waals surface area contributed by atoms with E-state index in [1.54, 1.807) is 36.0 Å². The third kappa shape index (κ3) is 4.05. The van der Waals surface area contributed by atoms with Crippen molar-refractivity contribution < 1.29 is 18.7 Å². The van der Waals surface area contributed by atoms with E-state index in [2.05, 4.69) is 12.2 Å². The molecular weight excluding hydrogens is 346 g/mol. The van der Waals surface area contributed by atoms with E-state index in [1.165, 1.54) is 6.42 Å². The van der Waals surface area contributed by atoms with E-state index in [0.29, 0.717) is 5.92 Å². The SMILES string of the molecule is Cc1oc(-n2cccc2)c(C#N)c1C(=O)OCC(=O)NC1CCCCC1C. The number of amides is 1. The van der Waals surface area contributed by atoms with Crippen LogP contribution in [-0.4, -0.2) is 29.1 Å². The molecule has 1 saturated carbocycles. The van der Waals surface area contributed by atoms with Gasteiger partial charge in [0.1, 0.15) is 23.0 Å². The Kier molecular flexibility index (Phi) is 5.65. The van der Waals surface area contributed by atoms with Gasteiger partial charge in [-0.2, -0.15) is 5.26 Å². The average molecular weight is 369 g/mol. The summed E-state index contributed by atoms with van der Waals surface area (Å²) in [4.78, 5) is 24.6. The molecule has 0 bridgehead atoms. The molecular formula is C20H23N3O4. The molecule has 7 heteroatoms. The van der Waals surface area contributed by atoms with Crippen molar-refractivity contribution in [1.29, 1.82) is 5.26 Å². The Balaban J connectivity index is 1.66. The summed E-state index contributed by atoms with van der Waals surface area (Å²) in [7, 11) is 0. The molecule has 3 rings (SSSR count). The minimum Gasteiger partial charge on any atom is -0.452 e. The van der Waals surface area contributed by atoms with Crippen LogP contribution >= 0.6 is 0 Å². The van der Waals surface area contributed by atoms with Crippen molar-refractivity contribution in [3.63, 3.8) is 0 Å². The van der Waals surface area contributed by atoms with E-state index in [1.807, 2.05) is 6.07 Å². The van der Waals surface area contributed by atoms with Crippen molar-refractivity contribution in [2.45, 2.75) is 45.6 Å². The summed E-state index contributed by atoms with van der Waals surface area (Å²) in [6, 6.07) is 5.69. The number of furan rings is 1. The smallest absolute Gasteiger partial charge is 0.343 e. The Morgan fingerprint density at radius 3 is 2.70 bits per heavy atom. The lowest BCUT2D eigenvalue weighted by Crippen LogP contribution is -2.42. The van der Waals surface area contributed by atoms with E-state index < -0.39 is 5.97 Å². The Hall–Kier alpha value is -3.01. The van der Waals surface area contributed by atoms with Crippen molar-refractivity contribution in [2.75, 3.05) is 6.61 Å². The summed E-state index contributed by atoms with van der Waals surface area (Å²) in [5.74, 6) is -0.108. The number of aryl methyl sites for hydroxylation is 1. The van der Waals surface area contributed by atoms with Gasteiger partial charge in [0.15, 0.2) is 6.61 Å². The third-order valence-corrected chi connectivity index (χ3v) is 5.01. The van der Waals surface area contributed by atoms with Crippen LogP contribution in [0.4, 0.5) is 0 Å². The van der Waals surface area contributed by atoms with Gasteiger partial charge in [-0.05, 0) is 37.8 Å². The molecule has 7 nitrogen and oxygen atoms in total. The zero-order valence-electron chi connectivity index (χ0n) is 15.5. The molecule has 2 aromatic heterocycles. The van der Waals surface area contributed by atoms with Gasteiger partial charge in [0.2, 0.25) is 5.88 Å². The van der Waals surface area contributed by atoms with Gasteiger partial charge in [0.05, 0.1) is 0 Å². The van der Waals surface area contributed by atoms with Crippen LogP contribution in [0.5, 0.6) is 0 Å². The molecule has 1 amide bonds. The Bertz CT molecular complexity index is 861. The highest BCUT2D eigenvalue weighted by molar-refractivity contribution is 5.95. The molecule has 0 aliphatic heterocycles. The largest absolute Gasteiger partial charge is 0.452 e. The van der Waals surface area contributed by atoms with E-state index >= 15 is 0 Å². The molecule has 0 saturated heterocycles. The van der Waals surface area contributed by atoms with E-state index in [9.17, 15) is 14.9 Å². The second-order valence-corrected chi connectivity index (χ2v) is 6.93. The van der Waals surface area contributed by atoms with Gasteiger partial charge in [-0.1, -0.05) is 19.8 Å². The van der Waals surface area contributed by atoms with Crippen LogP contribution in [-0.2, 0) is 9.53 Å². The van der Waals surface area contributed by atoms with Crippen LogP contribution in [0, 0.1) is 24.2 Å². The lowest BCUT2D eigenvalue weighted by molar-refractivity contribution is -0.125. The number of nitrogens with one attached hydrogen (secondary N) is 1. The summed E-state index contributed by atoms with van der Waals surface area (Å²) in [5.41, 5.74) is 0.148. The molecule has 2 heterocycles. The predicted octanol–water partition coefficient (Wildman–Crippen LogP) is 3.10. The lowest BCUT2D eigenvalue weighted by atomic mass is 9.86. The average Bonchev–Trinajstić information content (AvgIpc) is 3.29. The van der Waals surface area contributed by atoms with Gasteiger partial charge in [-0.3, -0.25) is 9.36 Å². The molecule has 0 spiro atoms. The fourth-order valence-corrected chi connectivity index (χ4v) is 3.51. The van der Waals surface area contributed by atoms with Crippen LogP contribution < -0.4 is 5.32 Å². The number of nitrogens with zero attached hydrogens (tertiary/aromatic N) is 2. The summed E-state index contributed by atoms with van der Waals surface area (Å²) < 4.78 is 12.3. The normalized spacial score (nSPS) is 19.3. The van der Waals surface area contributed by atoms with Crippen LogP contribution in [0.1, 0.15) is 54.3 Å². The number of carbonyl (C=O) groups is 2. The first-order valence-electron chi connectivity index (χ1n) is 9.14. The highest BCUT2D eigenvalue weighted by Gasteiger charge is 2.27. The maximum absolute atomic E-state index is 12.5. The van der Waals surface area contributed by atoms with E-state index in [4.69, 9.17) is 9.15 Å². The molecule has 0 aromatic carbocycles. The number of esters is 1. The van der Waals surface area contributed by atoms with Crippen LogP contribution in [0.25, 0.3) is 5.88 Å². The van der Waals surface area contributed by atoms with Gasteiger partial charge in [-0.15, -0.1) is 0 Å². The fraction of sp³-hybridized carbons (Fsp3) is 0.450. The van der Waals surface area contributed by atoms with Crippen molar-refractivity contribution >= 4 is 11.9 Å². The fourth-order valence-electron chi connectivity index (χ4n) is 3.51. The quantitative estimate of drug-likeness (QED) is 0.817. The van der Waals surface area contributed by atoms with Crippen molar-refractivity contribution in [1.82, 2.24) is 9.88 Å². The number of aromatic nitrogens is 1. The minimum atomic E-state index is -0.738. The second-order valence-electron chi connectivity index (χ2n) is 6.93. The molecule has 1 N–H and O–H groups in total. The highest BCUT2D eigenvalue weighted by atomic mass is 16.5. The first-order chi connectivity index (χ1) is 13.0. The van der Waals surface area contributed by atoms with Crippen LogP contribution in [0.3, 0.4) is 0 Å². The van der Waals surface area contributed by atoms with E-state index in [-0.39, 0.29) is 41.3 Å². The summed E-state index contributed by atoms with van der Waals surface area (Å²) >= 11 is 0. The number of hydrogen-bond acceptors (Lipinski definition) is 5. The predicted molar refractivity (Wildman–Crippen MR) is 97.3 cm³/mol. The van der Waals surface area contributed by atoms with Crippen molar-refractivity contribution in [3.8, 4) is 12.0 Å². The van der Waals surface area contributed by atoms with Gasteiger partial charge in [-0.25, -0.2) is 4.79 Å². The van der Waals surface area contributed by atoms with Crippen molar-refractivity contribution in [3.05, 3.63) is 41.4 Å². The van der Waals surface area contributed by atoms with Gasteiger partial charge >= 0.3 is 5.97 Å². The monoisotopic (exact) mass is 369 g/mol. The molecule has 1 aliphatic rings. The lowest BCUT2D eigenvalue weighted by Gasteiger charge is -2.29.